The molecule has 2 aromatic rings. The topological polar surface area (TPSA) is 88.1 Å². The molecule has 0 N–H and O–H groups in total. The molecule has 3 aliphatic rings. The van der Waals surface area contributed by atoms with Crippen LogP contribution < -0.4 is 9.64 Å². The van der Waals surface area contributed by atoms with E-state index in [9.17, 15) is 9.59 Å². The molecule has 1 unspecified atom stereocenters. The SMILES string of the molecule is COc1cccc(-c2ccc(N3CCN(C(=O)CN(CC4CCCO4)C(=O)C4CCC4)CC3)nn2)c1. The molecule has 2 amide bonds. The molecule has 0 bridgehead atoms. The first-order valence-corrected chi connectivity index (χ1v) is 13.0. The standard InChI is InChI=1S/C27H35N5O4/c1-35-22-8-3-7-21(17-22)24-10-11-25(29-28-24)30-12-14-31(15-13-30)26(33)19-32(18-23-9-4-16-36-23)27(34)20-5-2-6-20/h3,7-8,10-11,17,20,23H,2,4-6,9,12-16,18-19H2,1H3. The number of aromatic nitrogens is 2. The number of hydrogen-bond donors (Lipinski definition) is 0. The number of amides is 2. The van der Waals surface area contributed by atoms with E-state index in [0.29, 0.717) is 32.7 Å². The van der Waals surface area contributed by atoms with Gasteiger partial charge in [-0.1, -0.05) is 18.6 Å². The maximum atomic E-state index is 13.1. The first-order chi connectivity index (χ1) is 17.6. The Hall–Kier alpha value is -3.20. The van der Waals surface area contributed by atoms with Gasteiger partial charge in [-0.2, -0.15) is 0 Å². The van der Waals surface area contributed by atoms with Crippen molar-refractivity contribution in [3.8, 4) is 17.0 Å². The lowest BCUT2D eigenvalue weighted by Gasteiger charge is -2.37. The summed E-state index contributed by atoms with van der Waals surface area (Å²) in [5, 5.41) is 8.84. The summed E-state index contributed by atoms with van der Waals surface area (Å²) in [6.07, 6.45) is 5.01. The third-order valence-electron chi connectivity index (χ3n) is 7.51. The Morgan fingerprint density at radius 2 is 1.89 bits per heavy atom. The lowest BCUT2D eigenvalue weighted by molar-refractivity contribution is -0.146. The minimum atomic E-state index is 0.0137. The molecule has 1 aromatic carbocycles. The van der Waals surface area contributed by atoms with Gasteiger partial charge in [-0.15, -0.1) is 10.2 Å². The van der Waals surface area contributed by atoms with Crippen LogP contribution in [-0.4, -0.2) is 90.9 Å². The molecule has 1 aliphatic carbocycles. The minimum Gasteiger partial charge on any atom is -0.497 e. The summed E-state index contributed by atoms with van der Waals surface area (Å²) in [5.41, 5.74) is 1.74. The quantitative estimate of drug-likeness (QED) is 0.559. The predicted molar refractivity (Wildman–Crippen MR) is 136 cm³/mol. The van der Waals surface area contributed by atoms with E-state index in [1.165, 1.54) is 0 Å². The lowest BCUT2D eigenvalue weighted by Crippen LogP contribution is -2.53. The number of methoxy groups -OCH3 is 1. The van der Waals surface area contributed by atoms with Gasteiger partial charge in [0.05, 0.1) is 25.5 Å². The Kier molecular flexibility index (Phi) is 7.65. The molecule has 36 heavy (non-hydrogen) atoms. The van der Waals surface area contributed by atoms with Gasteiger partial charge in [0.2, 0.25) is 11.8 Å². The van der Waals surface area contributed by atoms with Gasteiger partial charge >= 0.3 is 0 Å². The van der Waals surface area contributed by atoms with Crippen molar-refractivity contribution in [2.24, 2.45) is 5.92 Å². The molecule has 0 spiro atoms. The summed E-state index contributed by atoms with van der Waals surface area (Å²) in [5.74, 6) is 1.79. The Morgan fingerprint density at radius 3 is 2.53 bits per heavy atom. The summed E-state index contributed by atoms with van der Waals surface area (Å²) in [6.45, 7) is 3.98. The van der Waals surface area contributed by atoms with Crippen LogP contribution in [0.5, 0.6) is 5.75 Å². The van der Waals surface area contributed by atoms with Gasteiger partial charge in [0.1, 0.15) is 5.75 Å². The highest BCUT2D eigenvalue weighted by Crippen LogP contribution is 2.29. The molecule has 9 heteroatoms. The van der Waals surface area contributed by atoms with Crippen LogP contribution in [0.1, 0.15) is 32.1 Å². The fourth-order valence-corrected chi connectivity index (χ4v) is 5.06. The van der Waals surface area contributed by atoms with E-state index in [2.05, 4.69) is 15.1 Å². The molecule has 0 radical (unpaired) electrons. The molecule has 5 rings (SSSR count). The fourth-order valence-electron chi connectivity index (χ4n) is 5.06. The zero-order valence-corrected chi connectivity index (χ0v) is 21.0. The summed E-state index contributed by atoms with van der Waals surface area (Å²) in [7, 11) is 1.64. The van der Waals surface area contributed by atoms with Crippen LogP contribution >= 0.6 is 0 Å². The summed E-state index contributed by atoms with van der Waals surface area (Å²) < 4.78 is 11.1. The second kappa shape index (κ2) is 11.2. The zero-order valence-electron chi connectivity index (χ0n) is 21.0. The maximum Gasteiger partial charge on any atom is 0.242 e. The number of carbonyl (C=O) groups excluding carboxylic acids is 2. The van der Waals surface area contributed by atoms with Crippen LogP contribution in [0.25, 0.3) is 11.3 Å². The van der Waals surface area contributed by atoms with Crippen molar-refractivity contribution in [1.29, 1.82) is 0 Å². The van der Waals surface area contributed by atoms with E-state index in [1.54, 1.807) is 12.0 Å². The molecule has 1 atom stereocenters. The van der Waals surface area contributed by atoms with Gasteiger partial charge in [0.15, 0.2) is 5.82 Å². The molecule has 3 heterocycles. The highest BCUT2D eigenvalue weighted by Gasteiger charge is 2.33. The molecular weight excluding hydrogens is 458 g/mol. The highest BCUT2D eigenvalue weighted by molar-refractivity contribution is 5.86. The second-order valence-electron chi connectivity index (χ2n) is 9.86. The van der Waals surface area contributed by atoms with Gasteiger partial charge in [-0.3, -0.25) is 9.59 Å². The van der Waals surface area contributed by atoms with Crippen molar-refractivity contribution < 1.29 is 19.1 Å². The van der Waals surface area contributed by atoms with E-state index in [0.717, 1.165) is 61.5 Å². The van der Waals surface area contributed by atoms with Crippen molar-refractivity contribution in [1.82, 2.24) is 20.0 Å². The van der Waals surface area contributed by atoms with Crippen molar-refractivity contribution in [2.75, 3.05) is 57.9 Å². The second-order valence-corrected chi connectivity index (χ2v) is 9.86. The molecule has 2 aliphatic heterocycles. The Morgan fingerprint density at radius 1 is 1.06 bits per heavy atom. The van der Waals surface area contributed by atoms with Gasteiger partial charge < -0.3 is 24.2 Å². The van der Waals surface area contributed by atoms with Gasteiger partial charge in [-0.25, -0.2) is 0 Å². The van der Waals surface area contributed by atoms with E-state index in [1.807, 2.05) is 41.3 Å². The number of benzene rings is 1. The van der Waals surface area contributed by atoms with Crippen molar-refractivity contribution in [3.05, 3.63) is 36.4 Å². The molecule has 1 aromatic heterocycles. The zero-order chi connectivity index (χ0) is 24.9. The number of carbonyl (C=O) groups is 2. The largest absolute Gasteiger partial charge is 0.497 e. The number of rotatable bonds is 8. The Labute approximate surface area is 212 Å². The first-order valence-electron chi connectivity index (χ1n) is 13.0. The molecule has 3 fully saturated rings. The third kappa shape index (κ3) is 5.61. The fraction of sp³-hybridized carbons (Fsp3) is 0.556. The van der Waals surface area contributed by atoms with Crippen molar-refractivity contribution >= 4 is 17.6 Å². The van der Waals surface area contributed by atoms with E-state index < -0.39 is 0 Å². The number of piperazine rings is 1. The minimum absolute atomic E-state index is 0.0137. The van der Waals surface area contributed by atoms with Crippen LogP contribution in [0.4, 0.5) is 5.82 Å². The first kappa shape index (κ1) is 24.5. The predicted octanol–water partition coefficient (Wildman–Crippen LogP) is 2.61. The van der Waals surface area contributed by atoms with Gasteiger partial charge in [0, 0.05) is 50.8 Å². The van der Waals surface area contributed by atoms with Crippen LogP contribution in [0, 0.1) is 5.92 Å². The van der Waals surface area contributed by atoms with Crippen LogP contribution in [0.3, 0.4) is 0 Å². The smallest absolute Gasteiger partial charge is 0.242 e. The van der Waals surface area contributed by atoms with Crippen LogP contribution in [0.2, 0.25) is 0 Å². The van der Waals surface area contributed by atoms with Crippen molar-refractivity contribution in [3.63, 3.8) is 0 Å². The van der Waals surface area contributed by atoms with Crippen molar-refractivity contribution in [2.45, 2.75) is 38.2 Å². The number of hydrogen-bond acceptors (Lipinski definition) is 7. The monoisotopic (exact) mass is 493 g/mol. The summed E-state index contributed by atoms with van der Waals surface area (Å²) in [6, 6.07) is 11.7. The molecule has 2 saturated heterocycles. The Bertz CT molecular complexity index is 1040. The van der Waals surface area contributed by atoms with Crippen LogP contribution in [-0.2, 0) is 14.3 Å². The molecule has 192 valence electrons. The van der Waals surface area contributed by atoms with E-state index >= 15 is 0 Å². The summed E-state index contributed by atoms with van der Waals surface area (Å²) in [4.78, 5) is 31.9. The van der Waals surface area contributed by atoms with Gasteiger partial charge in [0.25, 0.3) is 0 Å². The normalized spacial score (nSPS) is 20.2. The number of ether oxygens (including phenoxy) is 2. The van der Waals surface area contributed by atoms with Gasteiger partial charge in [-0.05, 0) is 49.9 Å². The average molecular weight is 494 g/mol. The average Bonchev–Trinajstić information content (AvgIpc) is 3.41. The molecular formula is C27H35N5O4. The van der Waals surface area contributed by atoms with E-state index in [-0.39, 0.29) is 30.4 Å². The third-order valence-corrected chi connectivity index (χ3v) is 7.51. The molecule has 9 nitrogen and oxygen atoms in total. The highest BCUT2D eigenvalue weighted by atomic mass is 16.5. The summed E-state index contributed by atoms with van der Waals surface area (Å²) >= 11 is 0. The Balaban J connectivity index is 1.16. The lowest BCUT2D eigenvalue weighted by atomic mass is 9.84. The number of anilines is 1. The van der Waals surface area contributed by atoms with E-state index in [4.69, 9.17) is 9.47 Å². The molecule has 1 saturated carbocycles. The number of nitrogens with zero attached hydrogens (tertiary/aromatic N) is 5. The maximum absolute atomic E-state index is 13.1. The van der Waals surface area contributed by atoms with Crippen LogP contribution in [0.15, 0.2) is 36.4 Å².